The third kappa shape index (κ3) is 4.21. The number of ether oxygens (including phenoxy) is 1. The second-order valence-corrected chi connectivity index (χ2v) is 5.14. The normalized spacial score (nSPS) is 16.1. The molecule has 0 unspecified atom stereocenters. The number of carbonyl (C=O) groups is 1. The first kappa shape index (κ1) is 14.8. The minimum Gasteiger partial charge on any atom is -0.399 e. The Morgan fingerprint density at radius 1 is 1.40 bits per heavy atom. The van der Waals surface area contributed by atoms with Crippen LogP contribution < -0.4 is 11.1 Å². The van der Waals surface area contributed by atoms with Crippen molar-refractivity contribution in [1.82, 2.24) is 10.2 Å². The van der Waals surface area contributed by atoms with Crippen molar-refractivity contribution in [3.8, 4) is 0 Å². The predicted molar refractivity (Wildman–Crippen MR) is 79.8 cm³/mol. The molecule has 3 N–H and O–H groups in total. The van der Waals surface area contributed by atoms with E-state index < -0.39 is 0 Å². The summed E-state index contributed by atoms with van der Waals surface area (Å²) < 4.78 is 5.30. The molecule has 0 aromatic heterocycles. The number of nitrogens with zero attached hydrogens (tertiary/aromatic N) is 1. The number of hydrogen-bond donors (Lipinski definition) is 2. The Morgan fingerprint density at radius 3 is 2.90 bits per heavy atom. The van der Waals surface area contributed by atoms with E-state index in [1.54, 1.807) is 6.07 Å². The number of nitrogens with one attached hydrogen (secondary N) is 1. The van der Waals surface area contributed by atoms with E-state index in [1.165, 1.54) is 0 Å². The fourth-order valence-electron chi connectivity index (χ4n) is 2.31. The van der Waals surface area contributed by atoms with E-state index in [-0.39, 0.29) is 5.91 Å². The van der Waals surface area contributed by atoms with Gasteiger partial charge < -0.3 is 15.8 Å². The number of nitrogens with two attached hydrogens (primary N) is 1. The maximum atomic E-state index is 12.1. The van der Waals surface area contributed by atoms with E-state index in [0.29, 0.717) is 17.8 Å². The molecule has 0 radical (unpaired) electrons. The van der Waals surface area contributed by atoms with Gasteiger partial charge in [-0.2, -0.15) is 0 Å². The molecule has 0 spiro atoms. The molecule has 1 heterocycles. The Morgan fingerprint density at radius 2 is 2.15 bits per heavy atom. The van der Waals surface area contributed by atoms with Crippen molar-refractivity contribution in [1.29, 1.82) is 0 Å². The number of nitrogen functional groups attached to an aromatic ring is 1. The number of benzene rings is 1. The molecule has 1 aromatic carbocycles. The van der Waals surface area contributed by atoms with Gasteiger partial charge in [0, 0.05) is 30.9 Å². The van der Waals surface area contributed by atoms with Crippen LogP contribution in [0.2, 0.25) is 0 Å². The molecule has 110 valence electrons. The first-order chi connectivity index (χ1) is 9.66. The first-order valence-corrected chi connectivity index (χ1v) is 7.11. The highest BCUT2D eigenvalue weighted by Crippen LogP contribution is 2.12. The maximum absolute atomic E-state index is 12.1. The second-order valence-electron chi connectivity index (χ2n) is 5.14. The Bertz CT molecular complexity index is 456. The summed E-state index contributed by atoms with van der Waals surface area (Å²) in [7, 11) is 0. The lowest BCUT2D eigenvalue weighted by atomic mass is 10.1. The zero-order valence-electron chi connectivity index (χ0n) is 12.0. The van der Waals surface area contributed by atoms with Gasteiger partial charge >= 0.3 is 0 Å². The van der Waals surface area contributed by atoms with Crippen LogP contribution in [0.25, 0.3) is 0 Å². The molecule has 0 saturated carbocycles. The molecular weight excluding hydrogens is 254 g/mol. The molecule has 1 aliphatic heterocycles. The number of carbonyl (C=O) groups excluding carboxylic acids is 1. The van der Waals surface area contributed by atoms with E-state index in [2.05, 4.69) is 10.2 Å². The van der Waals surface area contributed by atoms with Gasteiger partial charge in [0.15, 0.2) is 0 Å². The van der Waals surface area contributed by atoms with E-state index in [1.807, 2.05) is 19.1 Å². The van der Waals surface area contributed by atoms with E-state index in [0.717, 1.165) is 44.8 Å². The fourth-order valence-corrected chi connectivity index (χ4v) is 2.31. The summed E-state index contributed by atoms with van der Waals surface area (Å²) in [4.78, 5) is 14.4. The van der Waals surface area contributed by atoms with Gasteiger partial charge in [0.05, 0.1) is 13.2 Å². The molecule has 1 aliphatic rings. The van der Waals surface area contributed by atoms with Crippen LogP contribution in [-0.4, -0.2) is 50.2 Å². The average molecular weight is 277 g/mol. The van der Waals surface area contributed by atoms with Crippen molar-refractivity contribution in [3.05, 3.63) is 29.3 Å². The summed E-state index contributed by atoms with van der Waals surface area (Å²) in [6, 6.07) is 5.41. The number of amides is 1. The predicted octanol–water partition coefficient (Wildman–Crippen LogP) is 1.03. The number of rotatable bonds is 5. The van der Waals surface area contributed by atoms with Crippen molar-refractivity contribution in [2.45, 2.75) is 13.3 Å². The van der Waals surface area contributed by atoms with Gasteiger partial charge in [0.1, 0.15) is 0 Å². The average Bonchev–Trinajstić information content (AvgIpc) is 2.47. The molecule has 0 bridgehead atoms. The molecule has 2 rings (SSSR count). The highest BCUT2D eigenvalue weighted by molar-refractivity contribution is 5.96. The summed E-state index contributed by atoms with van der Waals surface area (Å²) in [5, 5.41) is 2.95. The van der Waals surface area contributed by atoms with Crippen LogP contribution in [0, 0.1) is 6.92 Å². The lowest BCUT2D eigenvalue weighted by Gasteiger charge is -2.26. The minimum absolute atomic E-state index is 0.0447. The Labute approximate surface area is 120 Å². The topological polar surface area (TPSA) is 67.6 Å². The van der Waals surface area contributed by atoms with E-state index in [4.69, 9.17) is 10.5 Å². The number of morpholine rings is 1. The van der Waals surface area contributed by atoms with Gasteiger partial charge in [-0.25, -0.2) is 0 Å². The van der Waals surface area contributed by atoms with Crippen molar-refractivity contribution >= 4 is 11.6 Å². The molecule has 1 fully saturated rings. The summed E-state index contributed by atoms with van der Waals surface area (Å²) >= 11 is 0. The highest BCUT2D eigenvalue weighted by atomic mass is 16.5. The molecule has 1 aromatic rings. The Hall–Kier alpha value is -1.59. The first-order valence-electron chi connectivity index (χ1n) is 7.11. The summed E-state index contributed by atoms with van der Waals surface area (Å²) in [5.41, 5.74) is 7.95. The minimum atomic E-state index is -0.0447. The lowest BCUT2D eigenvalue weighted by Crippen LogP contribution is -2.38. The quantitative estimate of drug-likeness (QED) is 0.623. The number of anilines is 1. The van der Waals surface area contributed by atoms with Crippen LogP contribution in [-0.2, 0) is 4.74 Å². The summed E-state index contributed by atoms with van der Waals surface area (Å²) in [6.07, 6.45) is 0.951. The lowest BCUT2D eigenvalue weighted by molar-refractivity contribution is 0.0374. The van der Waals surface area contributed by atoms with Crippen molar-refractivity contribution in [2.24, 2.45) is 0 Å². The molecule has 1 saturated heterocycles. The summed E-state index contributed by atoms with van der Waals surface area (Å²) in [6.45, 7) is 7.21. The monoisotopic (exact) mass is 277 g/mol. The molecule has 1 amide bonds. The van der Waals surface area contributed by atoms with Crippen LogP contribution in [0.15, 0.2) is 18.2 Å². The second kappa shape index (κ2) is 7.26. The van der Waals surface area contributed by atoms with Crippen molar-refractivity contribution in [2.75, 3.05) is 45.1 Å². The SMILES string of the molecule is Cc1ccc(N)cc1C(=O)NCCCN1CCOCC1. The Balaban J connectivity index is 1.73. The zero-order valence-corrected chi connectivity index (χ0v) is 12.0. The van der Waals surface area contributed by atoms with Crippen LogP contribution in [0.4, 0.5) is 5.69 Å². The van der Waals surface area contributed by atoms with Gasteiger partial charge in [0.2, 0.25) is 0 Å². The zero-order chi connectivity index (χ0) is 14.4. The third-order valence-electron chi connectivity index (χ3n) is 3.55. The van der Waals surface area contributed by atoms with Crippen LogP contribution in [0.5, 0.6) is 0 Å². The van der Waals surface area contributed by atoms with Crippen molar-refractivity contribution < 1.29 is 9.53 Å². The molecule has 0 atom stereocenters. The van der Waals surface area contributed by atoms with Crippen molar-refractivity contribution in [3.63, 3.8) is 0 Å². The Kier molecular flexibility index (Phi) is 5.38. The van der Waals surface area contributed by atoms with Crippen LogP contribution in [0.1, 0.15) is 22.3 Å². The largest absolute Gasteiger partial charge is 0.399 e. The van der Waals surface area contributed by atoms with Gasteiger partial charge in [-0.1, -0.05) is 6.07 Å². The molecule has 5 nitrogen and oxygen atoms in total. The van der Waals surface area contributed by atoms with Gasteiger partial charge in [0.25, 0.3) is 5.91 Å². The van der Waals surface area contributed by atoms with Crippen LogP contribution in [0.3, 0.4) is 0 Å². The van der Waals surface area contributed by atoms with Gasteiger partial charge in [-0.3, -0.25) is 9.69 Å². The molecule has 0 aliphatic carbocycles. The van der Waals surface area contributed by atoms with Crippen LogP contribution >= 0.6 is 0 Å². The highest BCUT2D eigenvalue weighted by Gasteiger charge is 2.11. The smallest absolute Gasteiger partial charge is 0.251 e. The van der Waals surface area contributed by atoms with E-state index in [9.17, 15) is 4.79 Å². The third-order valence-corrected chi connectivity index (χ3v) is 3.55. The maximum Gasteiger partial charge on any atom is 0.251 e. The number of hydrogen-bond acceptors (Lipinski definition) is 4. The standard InChI is InChI=1S/C15H23N3O2/c1-12-3-4-13(16)11-14(12)15(19)17-5-2-6-18-7-9-20-10-8-18/h3-4,11H,2,5-10,16H2,1H3,(H,17,19). The fraction of sp³-hybridized carbons (Fsp3) is 0.533. The summed E-state index contributed by atoms with van der Waals surface area (Å²) in [5.74, 6) is -0.0447. The number of aryl methyl sites for hydroxylation is 1. The molecule has 20 heavy (non-hydrogen) atoms. The van der Waals surface area contributed by atoms with E-state index >= 15 is 0 Å². The molecular formula is C15H23N3O2. The van der Waals surface area contributed by atoms with Gasteiger partial charge in [-0.15, -0.1) is 0 Å². The molecule has 5 heteroatoms. The van der Waals surface area contributed by atoms with Gasteiger partial charge in [-0.05, 0) is 37.6 Å².